The Morgan fingerprint density at radius 1 is 0.871 bits per heavy atom. The molecule has 0 aromatic heterocycles. The molecule has 2 amide bonds. The molecule has 0 unspecified atom stereocenters. The highest BCUT2D eigenvalue weighted by atomic mass is 19.1. The molecule has 0 bridgehead atoms. The molecule has 0 aliphatic heterocycles. The normalized spacial score (nSPS) is 10.7. The fourth-order valence-corrected chi connectivity index (χ4v) is 3.26. The molecule has 3 aromatic rings. The van der Waals surface area contributed by atoms with Gasteiger partial charge in [0.1, 0.15) is 5.82 Å². The average molecular weight is 419 g/mol. The minimum Gasteiger partial charge on any atom is -0.326 e. The Balaban J connectivity index is 1.72. The molecule has 0 aliphatic rings. The number of hydrogen-bond acceptors (Lipinski definition) is 2. The fraction of sp³-hybridized carbons (Fsp3) is 0.231. The van der Waals surface area contributed by atoms with Gasteiger partial charge in [0.2, 0.25) is 11.8 Å². The van der Waals surface area contributed by atoms with Gasteiger partial charge in [0, 0.05) is 17.8 Å². The Morgan fingerprint density at radius 3 is 2.10 bits per heavy atom. The number of rotatable bonds is 8. The third kappa shape index (κ3) is 6.78. The van der Waals surface area contributed by atoms with Crippen LogP contribution < -0.4 is 10.2 Å². The molecule has 0 spiro atoms. The van der Waals surface area contributed by atoms with Crippen molar-refractivity contribution in [2.24, 2.45) is 5.92 Å². The van der Waals surface area contributed by atoms with Gasteiger partial charge in [-0.25, -0.2) is 4.39 Å². The zero-order valence-electron chi connectivity index (χ0n) is 17.8. The number of carbonyl (C=O) groups is 2. The molecule has 1 N–H and O–H groups in total. The standard InChI is InChI=1S/C26H27FN2O2/c1-19(2)16-26(31)29(18-21-8-12-22(27)13-9-21)24-14-10-20(11-15-24)17-25(30)28-23-6-4-3-5-7-23/h3-15,19H,16-18H2,1-2H3,(H,28,30). The first kappa shape index (κ1) is 22.2. The third-order valence-electron chi connectivity index (χ3n) is 4.81. The predicted octanol–water partition coefficient (Wildman–Crippen LogP) is 5.59. The van der Waals surface area contributed by atoms with Gasteiger partial charge in [0.15, 0.2) is 0 Å². The van der Waals surface area contributed by atoms with Gasteiger partial charge in [0.25, 0.3) is 0 Å². The summed E-state index contributed by atoms with van der Waals surface area (Å²) < 4.78 is 13.3. The number of halogens is 1. The summed E-state index contributed by atoms with van der Waals surface area (Å²) in [4.78, 5) is 26.9. The van der Waals surface area contributed by atoms with Crippen LogP contribution in [0.25, 0.3) is 0 Å². The first-order valence-electron chi connectivity index (χ1n) is 10.4. The van der Waals surface area contributed by atoms with Crippen molar-refractivity contribution in [2.75, 3.05) is 10.2 Å². The smallest absolute Gasteiger partial charge is 0.228 e. The van der Waals surface area contributed by atoms with Crippen LogP contribution in [0.2, 0.25) is 0 Å². The molecule has 0 heterocycles. The molecule has 0 radical (unpaired) electrons. The van der Waals surface area contributed by atoms with Gasteiger partial charge in [-0.05, 0) is 53.4 Å². The highest BCUT2D eigenvalue weighted by Crippen LogP contribution is 2.21. The lowest BCUT2D eigenvalue weighted by Gasteiger charge is -2.24. The number of benzene rings is 3. The van der Waals surface area contributed by atoms with Crippen molar-refractivity contribution in [3.05, 3.63) is 95.8 Å². The van der Waals surface area contributed by atoms with Gasteiger partial charge < -0.3 is 10.2 Å². The molecule has 3 rings (SSSR count). The zero-order chi connectivity index (χ0) is 22.2. The zero-order valence-corrected chi connectivity index (χ0v) is 17.8. The van der Waals surface area contributed by atoms with E-state index >= 15 is 0 Å². The van der Waals surface area contributed by atoms with E-state index in [-0.39, 0.29) is 30.0 Å². The number of amides is 2. The molecule has 0 saturated heterocycles. The monoisotopic (exact) mass is 418 g/mol. The van der Waals surface area contributed by atoms with Crippen LogP contribution in [-0.4, -0.2) is 11.8 Å². The minimum absolute atomic E-state index is 0.00824. The van der Waals surface area contributed by atoms with Crippen LogP contribution in [0.3, 0.4) is 0 Å². The van der Waals surface area contributed by atoms with Crippen LogP contribution in [0.15, 0.2) is 78.9 Å². The van der Waals surface area contributed by atoms with Crippen molar-refractivity contribution >= 4 is 23.2 Å². The van der Waals surface area contributed by atoms with Crippen LogP contribution in [0, 0.1) is 11.7 Å². The summed E-state index contributed by atoms with van der Waals surface area (Å²) >= 11 is 0. The molecule has 0 saturated carbocycles. The first-order valence-corrected chi connectivity index (χ1v) is 10.4. The lowest BCUT2D eigenvalue weighted by molar-refractivity contribution is -0.119. The number of hydrogen-bond donors (Lipinski definition) is 1. The molecule has 160 valence electrons. The Hall–Kier alpha value is -3.47. The lowest BCUT2D eigenvalue weighted by Crippen LogP contribution is -2.31. The Kier molecular flexibility index (Phi) is 7.55. The van der Waals surface area contributed by atoms with Gasteiger partial charge in [0.05, 0.1) is 13.0 Å². The largest absolute Gasteiger partial charge is 0.326 e. The molecule has 0 atom stereocenters. The minimum atomic E-state index is -0.304. The van der Waals surface area contributed by atoms with E-state index < -0.39 is 0 Å². The summed E-state index contributed by atoms with van der Waals surface area (Å²) in [5.41, 5.74) is 3.22. The highest BCUT2D eigenvalue weighted by molar-refractivity contribution is 5.94. The van der Waals surface area contributed by atoms with E-state index in [1.165, 1.54) is 12.1 Å². The van der Waals surface area contributed by atoms with Crippen LogP contribution in [0.1, 0.15) is 31.4 Å². The Morgan fingerprint density at radius 2 is 1.48 bits per heavy atom. The molecular weight excluding hydrogens is 391 g/mol. The first-order chi connectivity index (χ1) is 14.9. The molecule has 31 heavy (non-hydrogen) atoms. The summed E-state index contributed by atoms with van der Waals surface area (Å²) in [5, 5.41) is 2.87. The van der Waals surface area contributed by atoms with E-state index in [9.17, 15) is 14.0 Å². The van der Waals surface area contributed by atoms with Crippen LogP contribution in [-0.2, 0) is 22.6 Å². The topological polar surface area (TPSA) is 49.4 Å². The maximum atomic E-state index is 13.3. The van der Waals surface area contributed by atoms with Crippen molar-refractivity contribution in [3.63, 3.8) is 0 Å². The number of nitrogens with one attached hydrogen (secondary N) is 1. The lowest BCUT2D eigenvalue weighted by atomic mass is 10.1. The van der Waals surface area contributed by atoms with Gasteiger partial charge in [-0.3, -0.25) is 9.59 Å². The summed E-state index contributed by atoms with van der Waals surface area (Å²) in [6.07, 6.45) is 0.662. The average Bonchev–Trinajstić information content (AvgIpc) is 2.74. The number of anilines is 2. The molecule has 4 nitrogen and oxygen atoms in total. The van der Waals surface area contributed by atoms with Gasteiger partial charge in [-0.1, -0.05) is 56.3 Å². The van der Waals surface area contributed by atoms with Crippen molar-refractivity contribution in [1.82, 2.24) is 0 Å². The molecule has 0 aliphatic carbocycles. The van der Waals surface area contributed by atoms with Crippen molar-refractivity contribution in [3.8, 4) is 0 Å². The second-order valence-corrected chi connectivity index (χ2v) is 7.96. The summed E-state index contributed by atoms with van der Waals surface area (Å²) in [6, 6.07) is 22.9. The van der Waals surface area contributed by atoms with Crippen molar-refractivity contribution < 1.29 is 14.0 Å². The van der Waals surface area contributed by atoms with Crippen LogP contribution >= 0.6 is 0 Å². The summed E-state index contributed by atoms with van der Waals surface area (Å²) in [7, 11) is 0. The van der Waals surface area contributed by atoms with Crippen molar-refractivity contribution in [1.29, 1.82) is 0 Å². The Labute approximate surface area is 182 Å². The quantitative estimate of drug-likeness (QED) is 0.519. The van der Waals surface area contributed by atoms with E-state index in [2.05, 4.69) is 5.32 Å². The number of nitrogens with zero attached hydrogens (tertiary/aromatic N) is 1. The third-order valence-corrected chi connectivity index (χ3v) is 4.81. The second kappa shape index (κ2) is 10.5. The number of carbonyl (C=O) groups excluding carboxylic acids is 2. The van der Waals surface area contributed by atoms with Gasteiger partial charge in [-0.15, -0.1) is 0 Å². The maximum absolute atomic E-state index is 13.3. The highest BCUT2D eigenvalue weighted by Gasteiger charge is 2.18. The second-order valence-electron chi connectivity index (χ2n) is 7.96. The van der Waals surface area contributed by atoms with Gasteiger partial charge in [-0.2, -0.15) is 0 Å². The number of para-hydroxylation sites is 1. The SMILES string of the molecule is CC(C)CC(=O)N(Cc1ccc(F)cc1)c1ccc(CC(=O)Nc2ccccc2)cc1. The maximum Gasteiger partial charge on any atom is 0.228 e. The van der Waals surface area contributed by atoms with Crippen molar-refractivity contribution in [2.45, 2.75) is 33.2 Å². The van der Waals surface area contributed by atoms with Crippen LogP contribution in [0.5, 0.6) is 0 Å². The summed E-state index contributed by atoms with van der Waals surface area (Å²) in [5.74, 6) is -0.169. The predicted molar refractivity (Wildman–Crippen MR) is 122 cm³/mol. The fourth-order valence-electron chi connectivity index (χ4n) is 3.26. The Bertz CT molecular complexity index is 1000. The van der Waals surface area contributed by atoms with E-state index in [1.54, 1.807) is 17.0 Å². The molecule has 0 fully saturated rings. The van der Waals surface area contributed by atoms with E-state index in [0.717, 1.165) is 22.5 Å². The molecule has 5 heteroatoms. The van der Waals surface area contributed by atoms with Crippen LogP contribution in [0.4, 0.5) is 15.8 Å². The molecule has 3 aromatic carbocycles. The van der Waals surface area contributed by atoms with Gasteiger partial charge >= 0.3 is 0 Å². The van der Waals surface area contributed by atoms with E-state index in [4.69, 9.17) is 0 Å². The van der Waals surface area contributed by atoms with E-state index in [1.807, 2.05) is 68.4 Å². The molecular formula is C26H27FN2O2. The summed E-state index contributed by atoms with van der Waals surface area (Å²) in [6.45, 7) is 4.37. The van der Waals surface area contributed by atoms with E-state index in [0.29, 0.717) is 13.0 Å².